The molecule has 1 N–H and O–H groups in total. The molecule has 0 unspecified atom stereocenters. The van der Waals surface area contributed by atoms with Gasteiger partial charge >= 0.3 is 0 Å². The standard InChI is InChI=1S/C22H21N3OS/c1-15(2)13-26-18-10-8-17(9-11-18)25-21-19-12-20(16-6-4-3-5-7-16)27-22(19)24-14-23-21/h3-12,14-15H,13H2,1-2H3,(H,23,24,25). The molecule has 0 fully saturated rings. The average molecular weight is 375 g/mol. The molecule has 4 aromatic rings. The molecule has 0 saturated heterocycles. The summed E-state index contributed by atoms with van der Waals surface area (Å²) < 4.78 is 5.74. The summed E-state index contributed by atoms with van der Waals surface area (Å²) in [6, 6.07) is 20.5. The van der Waals surface area contributed by atoms with E-state index in [1.165, 1.54) is 10.4 Å². The minimum atomic E-state index is 0.509. The number of anilines is 2. The summed E-state index contributed by atoms with van der Waals surface area (Å²) in [5.74, 6) is 2.20. The van der Waals surface area contributed by atoms with Gasteiger partial charge in [-0.05, 0) is 41.8 Å². The summed E-state index contributed by atoms with van der Waals surface area (Å²) in [4.78, 5) is 11.0. The first kappa shape index (κ1) is 17.5. The van der Waals surface area contributed by atoms with Crippen LogP contribution in [0.15, 0.2) is 67.0 Å². The zero-order valence-corrected chi connectivity index (χ0v) is 16.2. The number of fused-ring (bicyclic) bond motifs is 1. The van der Waals surface area contributed by atoms with Gasteiger partial charge in [-0.3, -0.25) is 0 Å². The van der Waals surface area contributed by atoms with Crippen LogP contribution in [0.5, 0.6) is 5.75 Å². The van der Waals surface area contributed by atoms with E-state index in [0.717, 1.165) is 34.1 Å². The third kappa shape index (κ3) is 4.09. The Labute approximate surface area is 162 Å². The molecule has 0 spiro atoms. The van der Waals surface area contributed by atoms with Crippen LogP contribution >= 0.6 is 11.3 Å². The van der Waals surface area contributed by atoms with Gasteiger partial charge in [-0.1, -0.05) is 44.2 Å². The second-order valence-corrected chi connectivity index (χ2v) is 7.80. The molecule has 136 valence electrons. The molecule has 0 amide bonds. The van der Waals surface area contributed by atoms with E-state index in [1.54, 1.807) is 17.7 Å². The third-order valence-corrected chi connectivity index (χ3v) is 5.18. The number of nitrogens with zero attached hydrogens (tertiary/aromatic N) is 2. The fourth-order valence-corrected chi connectivity index (χ4v) is 3.74. The molecule has 5 heteroatoms. The highest BCUT2D eigenvalue weighted by Gasteiger charge is 2.10. The molecule has 0 aliphatic carbocycles. The molecule has 2 aromatic heterocycles. The van der Waals surface area contributed by atoms with Crippen molar-refractivity contribution in [1.29, 1.82) is 0 Å². The van der Waals surface area contributed by atoms with Crippen LogP contribution < -0.4 is 10.1 Å². The molecule has 4 rings (SSSR count). The average Bonchev–Trinajstić information content (AvgIpc) is 3.13. The van der Waals surface area contributed by atoms with Crippen LogP contribution in [0.4, 0.5) is 11.5 Å². The van der Waals surface area contributed by atoms with Gasteiger partial charge in [0, 0.05) is 10.6 Å². The van der Waals surface area contributed by atoms with Crippen molar-refractivity contribution in [3.8, 4) is 16.2 Å². The molecule has 2 heterocycles. The Morgan fingerprint density at radius 2 is 1.78 bits per heavy atom. The van der Waals surface area contributed by atoms with Crippen LogP contribution in [-0.2, 0) is 0 Å². The molecule has 27 heavy (non-hydrogen) atoms. The molecule has 0 bridgehead atoms. The van der Waals surface area contributed by atoms with Gasteiger partial charge in [-0.25, -0.2) is 9.97 Å². The zero-order chi connectivity index (χ0) is 18.6. The Kier molecular flexibility index (Phi) is 5.03. The van der Waals surface area contributed by atoms with Crippen LogP contribution in [-0.4, -0.2) is 16.6 Å². The molecule has 0 saturated carbocycles. The lowest BCUT2D eigenvalue weighted by molar-refractivity contribution is 0.271. The van der Waals surface area contributed by atoms with Crippen molar-refractivity contribution in [3.63, 3.8) is 0 Å². The molecule has 4 nitrogen and oxygen atoms in total. The van der Waals surface area contributed by atoms with Crippen LogP contribution in [0.1, 0.15) is 13.8 Å². The van der Waals surface area contributed by atoms with Crippen LogP contribution in [0, 0.1) is 5.92 Å². The van der Waals surface area contributed by atoms with Crippen molar-refractivity contribution in [2.45, 2.75) is 13.8 Å². The molecule has 0 aliphatic rings. The quantitative estimate of drug-likeness (QED) is 0.440. The minimum absolute atomic E-state index is 0.509. The first-order valence-electron chi connectivity index (χ1n) is 8.99. The van der Waals surface area contributed by atoms with E-state index < -0.39 is 0 Å². The molecular formula is C22H21N3OS. The largest absolute Gasteiger partial charge is 0.493 e. The van der Waals surface area contributed by atoms with Crippen molar-refractivity contribution in [2.75, 3.05) is 11.9 Å². The van der Waals surface area contributed by atoms with Crippen molar-refractivity contribution in [2.24, 2.45) is 5.92 Å². The van der Waals surface area contributed by atoms with Gasteiger partial charge < -0.3 is 10.1 Å². The molecule has 2 aromatic carbocycles. The van der Waals surface area contributed by atoms with Crippen molar-refractivity contribution >= 4 is 33.1 Å². The summed E-state index contributed by atoms with van der Waals surface area (Å²) in [6.45, 7) is 5.00. The van der Waals surface area contributed by atoms with Gasteiger partial charge in [0.05, 0.1) is 12.0 Å². The highest BCUT2D eigenvalue weighted by Crippen LogP contribution is 2.35. The second kappa shape index (κ2) is 7.76. The molecule has 0 aliphatic heterocycles. The maximum absolute atomic E-state index is 5.74. The highest BCUT2D eigenvalue weighted by molar-refractivity contribution is 7.21. The van der Waals surface area contributed by atoms with E-state index in [2.05, 4.69) is 47.3 Å². The van der Waals surface area contributed by atoms with Gasteiger partial charge in [0.2, 0.25) is 0 Å². The summed E-state index contributed by atoms with van der Waals surface area (Å²) in [5, 5.41) is 4.43. The summed E-state index contributed by atoms with van der Waals surface area (Å²) in [5.41, 5.74) is 2.16. The lowest BCUT2D eigenvalue weighted by atomic mass is 10.2. The Hall–Kier alpha value is -2.92. The van der Waals surface area contributed by atoms with Crippen molar-refractivity contribution in [1.82, 2.24) is 9.97 Å². The smallest absolute Gasteiger partial charge is 0.142 e. The van der Waals surface area contributed by atoms with E-state index in [-0.39, 0.29) is 0 Å². The third-order valence-electron chi connectivity index (χ3n) is 4.09. The zero-order valence-electron chi connectivity index (χ0n) is 15.3. The number of aromatic nitrogens is 2. The van der Waals surface area contributed by atoms with Gasteiger partial charge in [0.1, 0.15) is 22.7 Å². The Morgan fingerprint density at radius 3 is 2.52 bits per heavy atom. The monoisotopic (exact) mass is 375 g/mol. The number of rotatable bonds is 6. The van der Waals surface area contributed by atoms with E-state index in [4.69, 9.17) is 4.74 Å². The lowest BCUT2D eigenvalue weighted by Crippen LogP contribution is -2.04. The molecule has 0 radical (unpaired) electrons. The minimum Gasteiger partial charge on any atom is -0.493 e. The number of ether oxygens (including phenoxy) is 1. The SMILES string of the molecule is CC(C)COc1ccc(Nc2ncnc3sc(-c4ccccc4)cc23)cc1. The van der Waals surface area contributed by atoms with Crippen LogP contribution in [0.3, 0.4) is 0 Å². The molecular weight excluding hydrogens is 354 g/mol. The van der Waals surface area contributed by atoms with Gasteiger partial charge in [-0.15, -0.1) is 11.3 Å². The van der Waals surface area contributed by atoms with Gasteiger partial charge in [0.25, 0.3) is 0 Å². The van der Waals surface area contributed by atoms with E-state index >= 15 is 0 Å². The van der Waals surface area contributed by atoms with Gasteiger partial charge in [-0.2, -0.15) is 0 Å². The predicted octanol–water partition coefficient (Wildman–Crippen LogP) is 6.14. The Bertz CT molecular complexity index is 1030. The number of hydrogen-bond donors (Lipinski definition) is 1. The highest BCUT2D eigenvalue weighted by atomic mass is 32.1. The summed E-state index contributed by atoms with van der Waals surface area (Å²) in [7, 11) is 0. The van der Waals surface area contributed by atoms with E-state index in [9.17, 15) is 0 Å². The van der Waals surface area contributed by atoms with Crippen molar-refractivity contribution < 1.29 is 4.74 Å². The van der Waals surface area contributed by atoms with E-state index in [0.29, 0.717) is 5.92 Å². The fourth-order valence-electron chi connectivity index (χ4n) is 2.73. The summed E-state index contributed by atoms with van der Waals surface area (Å²) in [6.07, 6.45) is 1.61. The number of hydrogen-bond acceptors (Lipinski definition) is 5. The normalized spacial score (nSPS) is 11.1. The summed E-state index contributed by atoms with van der Waals surface area (Å²) >= 11 is 1.68. The second-order valence-electron chi connectivity index (χ2n) is 6.77. The fraction of sp³-hybridized carbons (Fsp3) is 0.182. The van der Waals surface area contributed by atoms with Crippen LogP contribution in [0.25, 0.3) is 20.7 Å². The predicted molar refractivity (Wildman–Crippen MR) is 113 cm³/mol. The maximum Gasteiger partial charge on any atom is 0.142 e. The molecule has 0 atom stereocenters. The van der Waals surface area contributed by atoms with Crippen LogP contribution in [0.2, 0.25) is 0 Å². The number of benzene rings is 2. The van der Waals surface area contributed by atoms with Crippen molar-refractivity contribution in [3.05, 3.63) is 67.0 Å². The maximum atomic E-state index is 5.74. The van der Waals surface area contributed by atoms with Gasteiger partial charge in [0.15, 0.2) is 0 Å². The topological polar surface area (TPSA) is 47.0 Å². The lowest BCUT2D eigenvalue weighted by Gasteiger charge is -2.10. The first-order valence-corrected chi connectivity index (χ1v) is 9.80. The van der Waals surface area contributed by atoms with E-state index in [1.807, 2.05) is 42.5 Å². The number of nitrogens with one attached hydrogen (secondary N) is 1. The Balaban J connectivity index is 1.58. The Morgan fingerprint density at radius 1 is 1.00 bits per heavy atom. The first-order chi connectivity index (χ1) is 13.2. The number of thiophene rings is 1.